The standard InChI is InChI=1S/C19H28N2O5S2/c1-3-4-8-13-26-17-12-11-15(2)14-18(17)28(24,25)19(21-20)27(22,23)16-9-6-5-7-10-16/h11-12,14,16H,3-10,13H2,1-2H3. The zero-order valence-corrected chi connectivity index (χ0v) is 18.1. The maximum absolute atomic E-state index is 13.2. The lowest BCUT2D eigenvalue weighted by Crippen LogP contribution is -2.35. The number of hydrogen-bond acceptors (Lipinski definition) is 5. The van der Waals surface area contributed by atoms with Gasteiger partial charge in [-0.3, -0.25) is 0 Å². The highest BCUT2D eigenvalue weighted by molar-refractivity contribution is 8.31. The highest BCUT2D eigenvalue weighted by atomic mass is 32.3. The van der Waals surface area contributed by atoms with Gasteiger partial charge in [0.05, 0.1) is 11.9 Å². The van der Waals surface area contributed by atoms with Gasteiger partial charge in [0.15, 0.2) is 0 Å². The van der Waals surface area contributed by atoms with Crippen LogP contribution in [0.3, 0.4) is 0 Å². The van der Waals surface area contributed by atoms with Crippen LogP contribution in [-0.4, -0.2) is 37.9 Å². The molecule has 156 valence electrons. The van der Waals surface area contributed by atoms with E-state index in [4.69, 9.17) is 4.74 Å². The minimum absolute atomic E-state index is 0.0710. The molecule has 0 unspecified atom stereocenters. The van der Waals surface area contributed by atoms with Gasteiger partial charge in [-0.25, -0.2) is 16.8 Å². The third kappa shape index (κ3) is 5.01. The van der Waals surface area contributed by atoms with E-state index in [1.807, 2.05) is 6.92 Å². The number of benzene rings is 1. The summed E-state index contributed by atoms with van der Waals surface area (Å²) in [4.78, 5) is 2.47. The van der Waals surface area contributed by atoms with Gasteiger partial charge in [-0.15, -0.1) is 4.79 Å². The van der Waals surface area contributed by atoms with Crippen molar-refractivity contribution in [2.45, 2.75) is 75.4 Å². The molecule has 0 aromatic heterocycles. The second-order valence-electron chi connectivity index (χ2n) is 7.18. The van der Waals surface area contributed by atoms with Gasteiger partial charge in [-0.1, -0.05) is 45.1 Å². The van der Waals surface area contributed by atoms with Gasteiger partial charge in [0.25, 0.3) is 19.7 Å². The van der Waals surface area contributed by atoms with E-state index in [1.54, 1.807) is 13.0 Å². The van der Waals surface area contributed by atoms with Crippen LogP contribution in [0.1, 0.15) is 63.9 Å². The summed E-state index contributed by atoms with van der Waals surface area (Å²) in [5.41, 5.74) is 10.0. The van der Waals surface area contributed by atoms with Gasteiger partial charge >= 0.3 is 4.38 Å². The van der Waals surface area contributed by atoms with Crippen LogP contribution in [0, 0.1) is 6.92 Å². The van der Waals surface area contributed by atoms with E-state index in [-0.39, 0.29) is 10.6 Å². The first-order valence-electron chi connectivity index (χ1n) is 9.69. The van der Waals surface area contributed by atoms with E-state index >= 15 is 0 Å². The molecule has 1 aromatic rings. The second kappa shape index (κ2) is 9.67. The Morgan fingerprint density at radius 2 is 1.82 bits per heavy atom. The molecule has 0 bridgehead atoms. The molecule has 0 amide bonds. The highest BCUT2D eigenvalue weighted by Crippen LogP contribution is 2.31. The van der Waals surface area contributed by atoms with Crippen molar-refractivity contribution in [2.75, 3.05) is 6.61 Å². The monoisotopic (exact) mass is 428 g/mol. The van der Waals surface area contributed by atoms with Crippen LogP contribution < -0.4 is 4.74 Å². The highest BCUT2D eigenvalue weighted by Gasteiger charge is 2.48. The quantitative estimate of drug-likeness (QED) is 0.216. The molecule has 1 fully saturated rings. The summed E-state index contributed by atoms with van der Waals surface area (Å²) in [5.74, 6) is 0.0710. The van der Waals surface area contributed by atoms with E-state index in [9.17, 15) is 22.4 Å². The smallest absolute Gasteiger partial charge is 0.492 e. The van der Waals surface area contributed by atoms with Crippen molar-refractivity contribution in [2.24, 2.45) is 0 Å². The number of aryl methyl sites for hydroxylation is 1. The third-order valence-corrected chi connectivity index (χ3v) is 9.65. The normalized spacial score (nSPS) is 15.8. The van der Waals surface area contributed by atoms with Gasteiger partial charge in [-0.05, 0) is 43.9 Å². The van der Waals surface area contributed by atoms with Crippen molar-refractivity contribution in [1.82, 2.24) is 0 Å². The van der Waals surface area contributed by atoms with E-state index in [1.165, 1.54) is 12.1 Å². The molecule has 0 aliphatic heterocycles. The first kappa shape index (κ1) is 22.6. The maximum atomic E-state index is 13.2. The minimum Gasteiger partial charge on any atom is -0.492 e. The summed E-state index contributed by atoms with van der Waals surface area (Å²) < 4.78 is 56.6. The predicted molar refractivity (Wildman–Crippen MR) is 108 cm³/mol. The van der Waals surface area contributed by atoms with Crippen LogP contribution in [0.4, 0.5) is 0 Å². The molecule has 1 saturated carbocycles. The summed E-state index contributed by atoms with van der Waals surface area (Å²) in [7, 11) is -8.85. The van der Waals surface area contributed by atoms with Crippen LogP contribution in [0.15, 0.2) is 23.1 Å². The molecule has 0 radical (unpaired) electrons. The number of ether oxygens (including phenoxy) is 1. The maximum Gasteiger partial charge on any atom is 0.500 e. The fourth-order valence-electron chi connectivity index (χ4n) is 3.35. The molecule has 1 aliphatic carbocycles. The van der Waals surface area contributed by atoms with Crippen LogP contribution in [0.5, 0.6) is 5.75 Å². The van der Waals surface area contributed by atoms with Crippen molar-refractivity contribution < 1.29 is 26.4 Å². The Hall–Kier alpha value is -1.70. The minimum atomic E-state index is -4.57. The zero-order chi connectivity index (χ0) is 20.8. The number of hydrogen-bond donors (Lipinski definition) is 0. The molecule has 7 nitrogen and oxygen atoms in total. The molecule has 0 spiro atoms. The van der Waals surface area contributed by atoms with Crippen LogP contribution in [-0.2, 0) is 19.7 Å². The third-order valence-electron chi connectivity index (χ3n) is 4.94. The number of nitrogens with zero attached hydrogens (tertiary/aromatic N) is 2. The molecular weight excluding hydrogens is 400 g/mol. The van der Waals surface area contributed by atoms with Crippen LogP contribution >= 0.6 is 0 Å². The van der Waals surface area contributed by atoms with Crippen LogP contribution in [0.2, 0.25) is 0 Å². The lowest BCUT2D eigenvalue weighted by Gasteiger charge is -2.19. The van der Waals surface area contributed by atoms with E-state index in [2.05, 4.69) is 4.79 Å². The van der Waals surface area contributed by atoms with Gasteiger partial charge < -0.3 is 10.3 Å². The summed E-state index contributed by atoms with van der Waals surface area (Å²) >= 11 is 0. The lowest BCUT2D eigenvalue weighted by molar-refractivity contribution is 0.00368. The van der Waals surface area contributed by atoms with Gasteiger partial charge in [0.2, 0.25) is 0 Å². The van der Waals surface area contributed by atoms with E-state index < -0.39 is 29.3 Å². The first-order chi connectivity index (χ1) is 13.2. The molecule has 1 aliphatic rings. The molecule has 9 heteroatoms. The van der Waals surface area contributed by atoms with E-state index in [0.717, 1.165) is 25.7 Å². The number of unbranched alkanes of at least 4 members (excludes halogenated alkanes) is 2. The molecule has 1 aromatic carbocycles. The Bertz CT molecular complexity index is 943. The number of rotatable bonds is 7. The summed E-state index contributed by atoms with van der Waals surface area (Å²) in [6.07, 6.45) is 5.74. The van der Waals surface area contributed by atoms with Crippen molar-refractivity contribution in [1.29, 1.82) is 0 Å². The Labute approximate surface area is 167 Å². The Balaban J connectivity index is 2.44. The number of sulfone groups is 2. The van der Waals surface area contributed by atoms with Gasteiger partial charge in [-0.2, -0.15) is 0 Å². The summed E-state index contributed by atoms with van der Waals surface area (Å²) in [6.45, 7) is 4.06. The fraction of sp³-hybridized carbons (Fsp3) is 0.632. The topological polar surface area (TPSA) is 114 Å². The molecule has 0 N–H and O–H groups in total. The molecule has 0 saturated heterocycles. The average Bonchev–Trinajstić information content (AvgIpc) is 2.67. The summed E-state index contributed by atoms with van der Waals surface area (Å²) in [6, 6.07) is 4.56. The molecule has 28 heavy (non-hydrogen) atoms. The largest absolute Gasteiger partial charge is 0.500 e. The molecule has 0 atom stereocenters. The predicted octanol–water partition coefficient (Wildman–Crippen LogP) is 3.67. The first-order valence-corrected chi connectivity index (χ1v) is 12.7. The van der Waals surface area contributed by atoms with Crippen molar-refractivity contribution in [3.05, 3.63) is 29.3 Å². The SMILES string of the molecule is CCCCCOc1ccc(C)cc1S(=O)(=O)C(=[N+]=[N-])S(=O)(=O)C1CCCCC1. The second-order valence-corrected chi connectivity index (χ2v) is 11.4. The average molecular weight is 429 g/mol. The summed E-state index contributed by atoms with van der Waals surface area (Å²) in [5, 5.41) is -0.847. The van der Waals surface area contributed by atoms with E-state index in [0.29, 0.717) is 37.9 Å². The van der Waals surface area contributed by atoms with Crippen molar-refractivity contribution in [3.63, 3.8) is 0 Å². The molecule has 2 rings (SSSR count). The van der Waals surface area contributed by atoms with Gasteiger partial charge in [0.1, 0.15) is 10.6 Å². The Morgan fingerprint density at radius 1 is 1.14 bits per heavy atom. The Kier molecular flexibility index (Phi) is 7.80. The zero-order valence-electron chi connectivity index (χ0n) is 16.4. The van der Waals surface area contributed by atoms with Crippen LogP contribution in [0.25, 0.3) is 5.53 Å². The fourth-order valence-corrected chi connectivity index (χ4v) is 7.64. The lowest BCUT2D eigenvalue weighted by atomic mass is 10.0. The molecular formula is C19H28N2O5S2. The van der Waals surface area contributed by atoms with Crippen molar-refractivity contribution >= 4 is 24.1 Å². The Morgan fingerprint density at radius 3 is 2.43 bits per heavy atom. The van der Waals surface area contributed by atoms with Gasteiger partial charge in [0, 0.05) is 0 Å². The van der Waals surface area contributed by atoms with Crippen molar-refractivity contribution in [3.8, 4) is 5.75 Å². The molecule has 0 heterocycles.